The van der Waals surface area contributed by atoms with Crippen LogP contribution in [0.3, 0.4) is 0 Å². The van der Waals surface area contributed by atoms with E-state index in [1.165, 1.54) is 10.6 Å². The summed E-state index contributed by atoms with van der Waals surface area (Å²) in [7, 11) is 0. The molecule has 0 amide bonds. The van der Waals surface area contributed by atoms with Gasteiger partial charge in [-0.2, -0.15) is 11.3 Å². The Bertz CT molecular complexity index is 420. The Hall–Kier alpha value is -0.710. The van der Waals surface area contributed by atoms with E-state index in [1.807, 2.05) is 6.92 Å². The summed E-state index contributed by atoms with van der Waals surface area (Å²) in [4.78, 5) is 4.58. The molecule has 86 valence electrons. The van der Waals surface area contributed by atoms with E-state index in [0.29, 0.717) is 0 Å². The lowest BCUT2D eigenvalue weighted by atomic mass is 10.1. The average Bonchev–Trinajstić information content (AvgIpc) is 2.91. The minimum absolute atomic E-state index is 0.268. The Morgan fingerprint density at radius 1 is 1.44 bits per heavy atom. The highest BCUT2D eigenvalue weighted by atomic mass is 32.1. The minimum Gasteiger partial charge on any atom is -0.304 e. The van der Waals surface area contributed by atoms with E-state index >= 15 is 0 Å². The molecule has 16 heavy (non-hydrogen) atoms. The van der Waals surface area contributed by atoms with Gasteiger partial charge in [-0.05, 0) is 42.3 Å². The molecule has 0 saturated carbocycles. The predicted molar refractivity (Wildman–Crippen MR) is 71.3 cm³/mol. The van der Waals surface area contributed by atoms with Crippen molar-refractivity contribution in [2.75, 3.05) is 6.54 Å². The van der Waals surface area contributed by atoms with Gasteiger partial charge in [0.15, 0.2) is 0 Å². The number of nitrogens with one attached hydrogen (secondary N) is 1. The van der Waals surface area contributed by atoms with Gasteiger partial charge in [0, 0.05) is 11.1 Å². The second kappa shape index (κ2) is 5.57. The van der Waals surface area contributed by atoms with Crippen molar-refractivity contribution in [3.63, 3.8) is 0 Å². The largest absolute Gasteiger partial charge is 0.304 e. The van der Waals surface area contributed by atoms with Crippen molar-refractivity contribution >= 4 is 22.7 Å². The van der Waals surface area contributed by atoms with Gasteiger partial charge >= 0.3 is 0 Å². The second-order valence-electron chi connectivity index (χ2n) is 3.77. The number of rotatable bonds is 5. The van der Waals surface area contributed by atoms with Crippen LogP contribution in [0.4, 0.5) is 0 Å². The fourth-order valence-electron chi connectivity index (χ4n) is 1.58. The zero-order valence-corrected chi connectivity index (χ0v) is 11.2. The molecule has 0 aliphatic carbocycles. The maximum absolute atomic E-state index is 4.58. The molecule has 0 aliphatic rings. The lowest BCUT2D eigenvalue weighted by Crippen LogP contribution is -2.22. The Balaban J connectivity index is 2.21. The monoisotopic (exact) mass is 252 g/mol. The van der Waals surface area contributed by atoms with E-state index in [-0.39, 0.29) is 6.04 Å². The van der Waals surface area contributed by atoms with Crippen molar-refractivity contribution in [3.05, 3.63) is 38.5 Å². The maximum Gasteiger partial charge on any atom is 0.114 e. The van der Waals surface area contributed by atoms with Crippen LogP contribution in [0.1, 0.15) is 35.7 Å². The number of hydrogen-bond acceptors (Lipinski definition) is 4. The molecule has 1 unspecified atom stereocenters. The number of hydrogen-bond donors (Lipinski definition) is 1. The Kier molecular flexibility index (Phi) is 4.09. The fraction of sp³-hybridized carbons (Fsp3) is 0.417. The van der Waals surface area contributed by atoms with E-state index in [2.05, 4.69) is 39.4 Å². The molecule has 0 radical (unpaired) electrons. The van der Waals surface area contributed by atoms with Crippen LogP contribution >= 0.6 is 22.7 Å². The zero-order valence-electron chi connectivity index (χ0n) is 9.56. The average molecular weight is 252 g/mol. The maximum atomic E-state index is 4.58. The van der Waals surface area contributed by atoms with E-state index in [4.69, 9.17) is 0 Å². The molecule has 0 saturated heterocycles. The van der Waals surface area contributed by atoms with E-state index in [0.717, 1.165) is 18.7 Å². The Labute approximate surface area is 104 Å². The second-order valence-corrected chi connectivity index (χ2v) is 5.44. The molecule has 1 N–H and O–H groups in total. The van der Waals surface area contributed by atoms with Gasteiger partial charge in [0.1, 0.15) is 5.01 Å². The summed E-state index contributed by atoms with van der Waals surface area (Å²) in [6, 6.07) is 2.44. The smallest absolute Gasteiger partial charge is 0.114 e. The van der Waals surface area contributed by atoms with Crippen LogP contribution in [0.2, 0.25) is 0 Å². The number of thiophene rings is 1. The summed E-state index contributed by atoms with van der Waals surface area (Å²) in [6.07, 6.45) is 1.14. The summed E-state index contributed by atoms with van der Waals surface area (Å²) >= 11 is 3.48. The highest BCUT2D eigenvalue weighted by molar-refractivity contribution is 7.10. The normalized spacial score (nSPS) is 12.9. The third-order valence-electron chi connectivity index (χ3n) is 2.36. The Morgan fingerprint density at radius 2 is 2.31 bits per heavy atom. The van der Waals surface area contributed by atoms with E-state index in [9.17, 15) is 0 Å². The van der Waals surface area contributed by atoms with Gasteiger partial charge < -0.3 is 5.32 Å². The zero-order chi connectivity index (χ0) is 11.4. The first-order valence-corrected chi connectivity index (χ1v) is 7.31. The molecule has 2 aromatic rings. The standard InChI is InChI=1S/C12H16N2S2/c1-3-5-13-11(10-4-6-15-8-10)12-14-9(2)7-16-12/h4,6-8,11,13H,3,5H2,1-2H3. The van der Waals surface area contributed by atoms with Crippen molar-refractivity contribution < 1.29 is 0 Å². The summed E-state index contributed by atoms with van der Waals surface area (Å²) < 4.78 is 0. The van der Waals surface area contributed by atoms with E-state index in [1.54, 1.807) is 22.7 Å². The van der Waals surface area contributed by atoms with Crippen LogP contribution in [0.5, 0.6) is 0 Å². The molecular weight excluding hydrogens is 236 g/mol. The van der Waals surface area contributed by atoms with Gasteiger partial charge in [-0.3, -0.25) is 0 Å². The van der Waals surface area contributed by atoms with Crippen molar-refractivity contribution in [1.29, 1.82) is 0 Å². The lowest BCUT2D eigenvalue weighted by molar-refractivity contribution is 0.596. The van der Waals surface area contributed by atoms with Crippen LogP contribution in [-0.2, 0) is 0 Å². The molecule has 0 aromatic carbocycles. The summed E-state index contributed by atoms with van der Waals surface area (Å²) in [5.41, 5.74) is 2.44. The minimum atomic E-state index is 0.268. The molecule has 2 aromatic heterocycles. The Morgan fingerprint density at radius 3 is 2.88 bits per heavy atom. The van der Waals surface area contributed by atoms with Gasteiger partial charge in [-0.15, -0.1) is 11.3 Å². The molecule has 4 heteroatoms. The predicted octanol–water partition coefficient (Wildman–Crippen LogP) is 3.60. The molecular formula is C12H16N2S2. The third kappa shape index (κ3) is 2.70. The molecule has 0 spiro atoms. The molecule has 0 fully saturated rings. The molecule has 0 aliphatic heterocycles. The van der Waals surface area contributed by atoms with Crippen molar-refractivity contribution in [1.82, 2.24) is 10.3 Å². The first kappa shape index (κ1) is 11.8. The van der Waals surface area contributed by atoms with Gasteiger partial charge in [0.05, 0.1) is 6.04 Å². The van der Waals surface area contributed by atoms with Crippen LogP contribution in [0, 0.1) is 6.92 Å². The van der Waals surface area contributed by atoms with Gasteiger partial charge in [-0.1, -0.05) is 6.92 Å². The molecule has 0 bridgehead atoms. The highest BCUT2D eigenvalue weighted by Gasteiger charge is 2.16. The van der Waals surface area contributed by atoms with Gasteiger partial charge in [0.25, 0.3) is 0 Å². The number of aryl methyl sites for hydroxylation is 1. The molecule has 2 rings (SSSR count). The first-order chi connectivity index (χ1) is 7.81. The summed E-state index contributed by atoms with van der Waals surface area (Å²) in [5, 5.41) is 11.2. The topological polar surface area (TPSA) is 24.9 Å². The summed E-state index contributed by atoms with van der Waals surface area (Å²) in [6.45, 7) is 5.26. The first-order valence-electron chi connectivity index (χ1n) is 5.48. The third-order valence-corrected chi connectivity index (χ3v) is 4.09. The van der Waals surface area contributed by atoms with Crippen molar-refractivity contribution in [3.8, 4) is 0 Å². The fourth-order valence-corrected chi connectivity index (χ4v) is 3.16. The van der Waals surface area contributed by atoms with Crippen LogP contribution < -0.4 is 5.32 Å². The quantitative estimate of drug-likeness (QED) is 0.879. The SMILES string of the molecule is CCCNC(c1ccsc1)c1nc(C)cs1. The van der Waals surface area contributed by atoms with Crippen molar-refractivity contribution in [2.24, 2.45) is 0 Å². The van der Waals surface area contributed by atoms with Gasteiger partial charge in [0.2, 0.25) is 0 Å². The molecule has 2 nitrogen and oxygen atoms in total. The number of thiazole rings is 1. The molecule has 1 atom stereocenters. The van der Waals surface area contributed by atoms with Gasteiger partial charge in [-0.25, -0.2) is 4.98 Å². The highest BCUT2D eigenvalue weighted by Crippen LogP contribution is 2.26. The lowest BCUT2D eigenvalue weighted by Gasteiger charge is -2.14. The van der Waals surface area contributed by atoms with E-state index < -0.39 is 0 Å². The molecule has 2 heterocycles. The van der Waals surface area contributed by atoms with Crippen molar-refractivity contribution in [2.45, 2.75) is 26.3 Å². The summed E-state index contributed by atoms with van der Waals surface area (Å²) in [5.74, 6) is 0. The number of nitrogens with zero attached hydrogens (tertiary/aromatic N) is 1. The van der Waals surface area contributed by atoms with Crippen LogP contribution in [0.25, 0.3) is 0 Å². The number of aromatic nitrogens is 1. The van der Waals surface area contributed by atoms with Crippen LogP contribution in [0.15, 0.2) is 22.2 Å². The van der Waals surface area contributed by atoms with Crippen LogP contribution in [-0.4, -0.2) is 11.5 Å².